The van der Waals surface area contributed by atoms with Gasteiger partial charge in [0.25, 0.3) is 0 Å². The summed E-state index contributed by atoms with van der Waals surface area (Å²) < 4.78 is 7.60. The third-order valence-electron chi connectivity index (χ3n) is 8.03. The fourth-order valence-electron chi connectivity index (χ4n) is 5.96. The Bertz CT molecular complexity index is 1520. The highest BCUT2D eigenvalue weighted by atomic mass is 16.3. The quantitative estimate of drug-likeness (QED) is 0.309. The Labute approximate surface area is 222 Å². The van der Waals surface area contributed by atoms with Crippen molar-refractivity contribution in [3.63, 3.8) is 0 Å². The molecule has 0 N–H and O–H groups in total. The molecule has 0 radical (unpaired) electrons. The predicted octanol–water partition coefficient (Wildman–Crippen LogP) is 5.40. The lowest BCUT2D eigenvalue weighted by molar-refractivity contribution is 0.245. The van der Waals surface area contributed by atoms with Gasteiger partial charge in [0.05, 0.1) is 6.26 Å². The molecule has 2 aliphatic heterocycles. The van der Waals surface area contributed by atoms with Crippen LogP contribution in [-0.4, -0.2) is 44.1 Å². The first-order chi connectivity index (χ1) is 18.8. The minimum absolute atomic E-state index is 0.605. The molecular weight excluding hydrogens is 472 g/mol. The van der Waals surface area contributed by atoms with Crippen LogP contribution in [0.3, 0.4) is 0 Å². The van der Waals surface area contributed by atoms with Crippen LogP contribution in [0.25, 0.3) is 17.2 Å². The smallest absolute Gasteiger partial charge is 0.228 e. The molecule has 3 aromatic heterocycles. The number of fused-ring (bicyclic) bond motifs is 2. The molecule has 0 unspecified atom stereocenters. The predicted molar refractivity (Wildman–Crippen MR) is 148 cm³/mol. The van der Waals surface area contributed by atoms with Crippen LogP contribution in [-0.2, 0) is 25.9 Å². The van der Waals surface area contributed by atoms with E-state index in [2.05, 4.69) is 64.4 Å². The topological polar surface area (TPSA) is 62.7 Å². The summed E-state index contributed by atoms with van der Waals surface area (Å²) in [5.41, 5.74) is 6.26. The van der Waals surface area contributed by atoms with Crippen molar-refractivity contribution in [1.82, 2.24) is 24.5 Å². The molecule has 0 aliphatic carbocycles. The van der Waals surface area contributed by atoms with Gasteiger partial charge in [-0.1, -0.05) is 54.6 Å². The Morgan fingerprint density at radius 1 is 0.868 bits per heavy atom. The summed E-state index contributed by atoms with van der Waals surface area (Å²) in [5, 5.41) is 4.90. The van der Waals surface area contributed by atoms with Crippen LogP contribution in [0.2, 0.25) is 0 Å². The van der Waals surface area contributed by atoms with Crippen molar-refractivity contribution in [3.05, 3.63) is 101 Å². The van der Waals surface area contributed by atoms with Crippen LogP contribution in [0.5, 0.6) is 0 Å². The maximum Gasteiger partial charge on any atom is 0.228 e. The molecule has 1 saturated heterocycles. The van der Waals surface area contributed by atoms with Gasteiger partial charge in [-0.2, -0.15) is 4.52 Å². The van der Waals surface area contributed by atoms with E-state index in [4.69, 9.17) is 19.5 Å². The molecule has 0 bridgehead atoms. The summed E-state index contributed by atoms with van der Waals surface area (Å²) in [6.45, 7) is 4.70. The SMILES string of the molecule is c1ccc(CC2CCN(c3ncc(CN4CCc5ccccc5C4)c4nc(-c5ccco5)nn34)CC2)cc1. The number of furan rings is 1. The monoisotopic (exact) mass is 504 g/mol. The zero-order chi connectivity index (χ0) is 25.3. The molecule has 0 spiro atoms. The van der Waals surface area contributed by atoms with Gasteiger partial charge in [-0.05, 0) is 60.4 Å². The van der Waals surface area contributed by atoms with Gasteiger partial charge in [0.1, 0.15) is 0 Å². The molecule has 7 heteroatoms. The van der Waals surface area contributed by atoms with Crippen LogP contribution in [0.4, 0.5) is 5.95 Å². The molecule has 2 aliphatic rings. The van der Waals surface area contributed by atoms with Gasteiger partial charge < -0.3 is 9.32 Å². The lowest BCUT2D eigenvalue weighted by Crippen LogP contribution is -2.36. The fourth-order valence-corrected chi connectivity index (χ4v) is 5.96. The number of anilines is 1. The van der Waals surface area contributed by atoms with E-state index < -0.39 is 0 Å². The van der Waals surface area contributed by atoms with E-state index in [9.17, 15) is 0 Å². The van der Waals surface area contributed by atoms with E-state index in [1.165, 1.54) is 16.7 Å². The molecule has 0 amide bonds. The van der Waals surface area contributed by atoms with Crippen LogP contribution in [0.1, 0.15) is 35.1 Å². The number of hydrogen-bond donors (Lipinski definition) is 0. The Kier molecular flexibility index (Phi) is 6.14. The highest BCUT2D eigenvalue weighted by Gasteiger charge is 2.25. The summed E-state index contributed by atoms with van der Waals surface area (Å²) in [4.78, 5) is 14.8. The lowest BCUT2D eigenvalue weighted by Gasteiger charge is -2.33. The van der Waals surface area contributed by atoms with Gasteiger partial charge in [0, 0.05) is 44.5 Å². The second-order valence-electron chi connectivity index (χ2n) is 10.6. The molecule has 5 heterocycles. The number of rotatable bonds is 6. The second kappa shape index (κ2) is 10.1. The maximum atomic E-state index is 5.65. The molecule has 0 saturated carbocycles. The van der Waals surface area contributed by atoms with E-state index >= 15 is 0 Å². The van der Waals surface area contributed by atoms with Gasteiger partial charge in [-0.25, -0.2) is 9.97 Å². The van der Waals surface area contributed by atoms with Gasteiger partial charge in [0.15, 0.2) is 11.4 Å². The van der Waals surface area contributed by atoms with Crippen molar-refractivity contribution in [2.75, 3.05) is 24.5 Å². The molecule has 1 fully saturated rings. The maximum absolute atomic E-state index is 5.65. The number of benzene rings is 2. The number of nitrogens with zero attached hydrogens (tertiary/aromatic N) is 6. The Hall–Kier alpha value is -3.97. The van der Waals surface area contributed by atoms with Gasteiger partial charge in [-0.15, -0.1) is 5.10 Å². The van der Waals surface area contributed by atoms with Crippen LogP contribution >= 0.6 is 0 Å². The van der Waals surface area contributed by atoms with Gasteiger partial charge in [0.2, 0.25) is 11.8 Å². The summed E-state index contributed by atoms with van der Waals surface area (Å²) >= 11 is 0. The summed E-state index contributed by atoms with van der Waals surface area (Å²) in [5.74, 6) is 2.85. The highest BCUT2D eigenvalue weighted by Crippen LogP contribution is 2.28. The Morgan fingerprint density at radius 3 is 2.50 bits per heavy atom. The number of hydrogen-bond acceptors (Lipinski definition) is 6. The zero-order valence-corrected chi connectivity index (χ0v) is 21.5. The van der Waals surface area contributed by atoms with Crippen molar-refractivity contribution < 1.29 is 4.42 Å². The van der Waals surface area contributed by atoms with Crippen molar-refractivity contribution in [3.8, 4) is 11.6 Å². The fraction of sp³-hybridized carbons (Fsp3) is 0.323. The minimum atomic E-state index is 0.605. The highest BCUT2D eigenvalue weighted by molar-refractivity contribution is 5.58. The molecule has 5 aromatic rings. The summed E-state index contributed by atoms with van der Waals surface area (Å²) in [7, 11) is 0. The first kappa shape index (κ1) is 23.2. The first-order valence-electron chi connectivity index (χ1n) is 13.7. The molecule has 7 nitrogen and oxygen atoms in total. The van der Waals surface area contributed by atoms with E-state index in [-0.39, 0.29) is 0 Å². The van der Waals surface area contributed by atoms with Crippen LogP contribution < -0.4 is 4.90 Å². The molecular formula is C31H32N6O. The largest absolute Gasteiger partial charge is 0.461 e. The first-order valence-corrected chi connectivity index (χ1v) is 13.7. The normalized spacial score (nSPS) is 16.7. The van der Waals surface area contributed by atoms with Gasteiger partial charge in [-0.3, -0.25) is 4.90 Å². The average Bonchev–Trinajstić information content (AvgIpc) is 3.65. The molecule has 192 valence electrons. The van der Waals surface area contributed by atoms with Crippen molar-refractivity contribution in [2.24, 2.45) is 5.92 Å². The average molecular weight is 505 g/mol. The molecule has 0 atom stereocenters. The van der Waals surface area contributed by atoms with E-state index in [0.29, 0.717) is 17.5 Å². The lowest BCUT2D eigenvalue weighted by atomic mass is 9.90. The van der Waals surface area contributed by atoms with Crippen molar-refractivity contribution >= 4 is 11.6 Å². The number of piperidine rings is 1. The Morgan fingerprint density at radius 2 is 1.68 bits per heavy atom. The summed E-state index contributed by atoms with van der Waals surface area (Å²) in [6.07, 6.45) is 8.19. The third kappa shape index (κ3) is 4.58. The van der Waals surface area contributed by atoms with E-state index in [1.807, 2.05) is 22.8 Å². The zero-order valence-electron chi connectivity index (χ0n) is 21.5. The Balaban J connectivity index is 1.15. The van der Waals surface area contributed by atoms with Gasteiger partial charge >= 0.3 is 0 Å². The second-order valence-corrected chi connectivity index (χ2v) is 10.6. The standard InChI is InChI=1S/C31H32N6O/c1-2-7-23(8-3-1)19-24-12-16-36(17-13-24)31-32-20-27(22-35-15-14-25-9-4-5-10-26(25)21-35)30-33-29(34-37(30)31)28-11-6-18-38-28/h1-11,18,20,24H,12-17,19,21-22H2. The molecule has 7 rings (SSSR count). The minimum Gasteiger partial charge on any atom is -0.461 e. The molecule has 2 aromatic carbocycles. The van der Waals surface area contributed by atoms with Crippen LogP contribution in [0.15, 0.2) is 83.6 Å². The molecule has 38 heavy (non-hydrogen) atoms. The number of aromatic nitrogens is 4. The van der Waals surface area contributed by atoms with E-state index in [1.54, 1.807) is 6.26 Å². The van der Waals surface area contributed by atoms with Crippen LogP contribution in [0, 0.1) is 5.92 Å². The van der Waals surface area contributed by atoms with Crippen molar-refractivity contribution in [1.29, 1.82) is 0 Å². The van der Waals surface area contributed by atoms with E-state index in [0.717, 1.165) is 75.6 Å². The van der Waals surface area contributed by atoms with Crippen molar-refractivity contribution in [2.45, 2.75) is 38.8 Å². The third-order valence-corrected chi connectivity index (χ3v) is 8.03. The summed E-state index contributed by atoms with van der Waals surface area (Å²) in [6, 6.07) is 23.4.